The molecule has 1 unspecified atom stereocenters. The number of benzene rings is 4. The first kappa shape index (κ1) is 34.9. The normalized spacial score (nSPS) is 12.6. The van der Waals surface area contributed by atoms with Crippen molar-refractivity contribution in [3.8, 4) is 11.1 Å². The number of carbonyl (C=O) groups excluding carboxylic acids is 2. The van der Waals surface area contributed by atoms with Crippen LogP contribution in [0, 0.1) is 5.41 Å². The Balaban J connectivity index is 1.54. The van der Waals surface area contributed by atoms with Crippen LogP contribution in [0.3, 0.4) is 0 Å². The fourth-order valence-electron chi connectivity index (χ4n) is 4.65. The maximum Gasteiger partial charge on any atom is 0.251 e. The molecular formula is C36H35Cl2N2O5S-. The van der Waals surface area contributed by atoms with E-state index >= 15 is 0 Å². The van der Waals surface area contributed by atoms with Gasteiger partial charge in [0.15, 0.2) is 0 Å². The minimum atomic E-state index is -4.43. The zero-order chi connectivity index (χ0) is 33.5. The SMILES string of the molecule is CC(C)(C)/C=C/c1ccc(C(Cc2ccc(C(=O)NCCS(=O)(=O)[O-])cc2)C(=O)Nc2ccc(-c3ccc(Cl)cc3Cl)cc2)cc1. The molecule has 4 rings (SSSR count). The molecular weight excluding hydrogens is 643 g/mol. The van der Waals surface area contributed by atoms with Gasteiger partial charge in [-0.25, -0.2) is 8.42 Å². The second-order valence-electron chi connectivity index (χ2n) is 12.0. The molecule has 2 amide bonds. The molecule has 0 saturated heterocycles. The number of anilines is 1. The molecule has 0 bridgehead atoms. The Morgan fingerprint density at radius 3 is 2.13 bits per heavy atom. The van der Waals surface area contributed by atoms with Crippen molar-refractivity contribution in [2.75, 3.05) is 17.6 Å². The number of nitrogens with one attached hydrogen (secondary N) is 2. The summed E-state index contributed by atoms with van der Waals surface area (Å²) in [5.74, 6) is -1.92. The Labute approximate surface area is 280 Å². The van der Waals surface area contributed by atoms with E-state index in [-0.39, 0.29) is 17.9 Å². The Hall–Kier alpha value is -3.95. The molecule has 240 valence electrons. The van der Waals surface area contributed by atoms with Crippen LogP contribution in [0.15, 0.2) is 97.1 Å². The number of halogens is 2. The average molecular weight is 679 g/mol. The molecule has 4 aromatic rings. The van der Waals surface area contributed by atoms with E-state index in [2.05, 4.69) is 43.6 Å². The van der Waals surface area contributed by atoms with Crippen LogP contribution in [0.5, 0.6) is 0 Å². The molecule has 0 heterocycles. The predicted molar refractivity (Wildman–Crippen MR) is 185 cm³/mol. The van der Waals surface area contributed by atoms with Gasteiger partial charge in [-0.15, -0.1) is 0 Å². The van der Waals surface area contributed by atoms with Crippen LogP contribution in [0.4, 0.5) is 5.69 Å². The Morgan fingerprint density at radius 1 is 0.891 bits per heavy atom. The van der Waals surface area contributed by atoms with E-state index in [1.807, 2.05) is 54.6 Å². The van der Waals surface area contributed by atoms with Gasteiger partial charge >= 0.3 is 0 Å². The van der Waals surface area contributed by atoms with Crippen LogP contribution >= 0.6 is 23.2 Å². The topological polar surface area (TPSA) is 115 Å². The van der Waals surface area contributed by atoms with E-state index in [0.29, 0.717) is 27.7 Å². The molecule has 0 spiro atoms. The van der Waals surface area contributed by atoms with Crippen LogP contribution in [-0.4, -0.2) is 37.1 Å². The quantitative estimate of drug-likeness (QED) is 0.156. The van der Waals surface area contributed by atoms with Gasteiger partial charge in [0.25, 0.3) is 5.91 Å². The van der Waals surface area contributed by atoms with Gasteiger partial charge in [0.1, 0.15) is 0 Å². The maximum absolute atomic E-state index is 13.8. The number of hydrogen-bond acceptors (Lipinski definition) is 5. The molecule has 7 nitrogen and oxygen atoms in total. The summed E-state index contributed by atoms with van der Waals surface area (Å²) in [7, 11) is -4.43. The Bertz CT molecular complexity index is 1810. The first-order valence-electron chi connectivity index (χ1n) is 14.6. The standard InChI is InChI=1S/C36H36Cl2N2O5S/c1-36(2,3)19-18-24-4-8-27(9-5-24)32(22-25-6-10-28(11-7-25)34(41)39-20-21-46(43,44)45)35(42)40-30-15-12-26(13-16-30)31-17-14-29(37)23-33(31)38/h4-19,23,32H,20-22H2,1-3H3,(H,39,41)(H,40,42)(H,43,44,45)/p-1/b19-18+. The van der Waals surface area contributed by atoms with Crippen molar-refractivity contribution in [1.29, 1.82) is 0 Å². The summed E-state index contributed by atoms with van der Waals surface area (Å²) >= 11 is 12.4. The molecule has 0 aliphatic heterocycles. The Kier molecular flexibility index (Phi) is 11.5. The van der Waals surface area contributed by atoms with Crippen molar-refractivity contribution in [3.63, 3.8) is 0 Å². The smallest absolute Gasteiger partial charge is 0.251 e. The minimum absolute atomic E-state index is 0.0341. The van der Waals surface area contributed by atoms with Crippen molar-refractivity contribution in [2.45, 2.75) is 33.1 Å². The highest BCUT2D eigenvalue weighted by Crippen LogP contribution is 2.31. The van der Waals surface area contributed by atoms with E-state index in [1.54, 1.807) is 36.4 Å². The third kappa shape index (κ3) is 10.6. The molecule has 0 aliphatic carbocycles. The number of rotatable bonds is 11. The molecule has 0 radical (unpaired) electrons. The lowest BCUT2D eigenvalue weighted by Crippen LogP contribution is -2.29. The summed E-state index contributed by atoms with van der Waals surface area (Å²) in [4.78, 5) is 26.2. The number of amides is 2. The second-order valence-corrected chi connectivity index (χ2v) is 14.4. The van der Waals surface area contributed by atoms with E-state index in [4.69, 9.17) is 23.2 Å². The zero-order valence-corrected chi connectivity index (χ0v) is 28.0. The highest BCUT2D eigenvalue weighted by Gasteiger charge is 2.22. The van der Waals surface area contributed by atoms with Crippen molar-refractivity contribution in [3.05, 3.63) is 129 Å². The average Bonchev–Trinajstić information content (AvgIpc) is 2.99. The highest BCUT2D eigenvalue weighted by molar-refractivity contribution is 7.85. The lowest BCUT2D eigenvalue weighted by atomic mass is 9.89. The van der Waals surface area contributed by atoms with Crippen LogP contribution in [0.2, 0.25) is 10.0 Å². The van der Waals surface area contributed by atoms with Crippen molar-refractivity contribution in [2.24, 2.45) is 5.41 Å². The maximum atomic E-state index is 13.8. The largest absolute Gasteiger partial charge is 0.748 e. The second kappa shape index (κ2) is 15.1. The lowest BCUT2D eigenvalue weighted by Gasteiger charge is -2.19. The van der Waals surface area contributed by atoms with Gasteiger partial charge in [0, 0.05) is 33.4 Å². The van der Waals surface area contributed by atoms with Gasteiger partial charge in [-0.3, -0.25) is 9.59 Å². The highest BCUT2D eigenvalue weighted by atomic mass is 35.5. The van der Waals surface area contributed by atoms with Gasteiger partial charge in [0.05, 0.1) is 21.8 Å². The first-order valence-corrected chi connectivity index (χ1v) is 17.0. The van der Waals surface area contributed by atoms with Gasteiger partial charge in [-0.05, 0) is 70.5 Å². The van der Waals surface area contributed by atoms with Gasteiger partial charge in [-0.1, -0.05) is 111 Å². The molecule has 10 heteroatoms. The van der Waals surface area contributed by atoms with E-state index in [1.165, 1.54) is 0 Å². The molecule has 0 saturated carbocycles. The van der Waals surface area contributed by atoms with Gasteiger partial charge in [-0.2, -0.15) is 0 Å². The number of hydrogen-bond donors (Lipinski definition) is 2. The fraction of sp³-hybridized carbons (Fsp3) is 0.222. The van der Waals surface area contributed by atoms with Crippen molar-refractivity contribution in [1.82, 2.24) is 5.32 Å². The molecule has 46 heavy (non-hydrogen) atoms. The van der Waals surface area contributed by atoms with E-state index < -0.39 is 27.7 Å². The summed E-state index contributed by atoms with van der Waals surface area (Å²) in [5, 5.41) is 6.55. The third-order valence-corrected chi connectivity index (χ3v) is 8.37. The van der Waals surface area contributed by atoms with Crippen LogP contribution < -0.4 is 10.6 Å². The summed E-state index contributed by atoms with van der Waals surface area (Å²) in [6.45, 7) is 6.10. The zero-order valence-electron chi connectivity index (χ0n) is 25.7. The summed E-state index contributed by atoms with van der Waals surface area (Å²) in [6, 6.07) is 27.3. The number of carbonyl (C=O) groups is 2. The molecule has 4 aromatic carbocycles. The van der Waals surface area contributed by atoms with E-state index in [9.17, 15) is 22.6 Å². The van der Waals surface area contributed by atoms with Crippen molar-refractivity contribution < 1.29 is 22.6 Å². The predicted octanol–water partition coefficient (Wildman–Crippen LogP) is 7.96. The van der Waals surface area contributed by atoms with Gasteiger partial charge < -0.3 is 15.2 Å². The van der Waals surface area contributed by atoms with E-state index in [0.717, 1.165) is 27.8 Å². The first-order chi connectivity index (χ1) is 21.7. The Morgan fingerprint density at radius 2 is 1.54 bits per heavy atom. The summed E-state index contributed by atoms with van der Waals surface area (Å²) in [5.41, 5.74) is 5.36. The molecule has 0 aromatic heterocycles. The van der Waals surface area contributed by atoms with Crippen molar-refractivity contribution >= 4 is 56.9 Å². The minimum Gasteiger partial charge on any atom is -0.748 e. The molecule has 2 N–H and O–H groups in total. The van der Waals surface area contributed by atoms with Crippen LogP contribution in [0.1, 0.15) is 53.7 Å². The molecule has 0 aliphatic rings. The fourth-order valence-corrected chi connectivity index (χ4v) is 5.52. The lowest BCUT2D eigenvalue weighted by molar-refractivity contribution is -0.117. The summed E-state index contributed by atoms with van der Waals surface area (Å²) < 4.78 is 32.5. The number of allylic oxidation sites excluding steroid dienone is 1. The monoisotopic (exact) mass is 677 g/mol. The molecule has 0 fully saturated rings. The van der Waals surface area contributed by atoms with Crippen LogP contribution in [0.25, 0.3) is 17.2 Å². The van der Waals surface area contributed by atoms with Crippen LogP contribution in [-0.2, 0) is 21.3 Å². The summed E-state index contributed by atoms with van der Waals surface area (Å²) in [6.07, 6.45) is 4.55. The van der Waals surface area contributed by atoms with Gasteiger partial charge in [0.2, 0.25) is 5.91 Å². The third-order valence-electron chi connectivity index (χ3n) is 7.12. The molecule has 1 atom stereocenters.